The number of nitrogens with one attached hydrogen (secondary N) is 1. The maximum absolute atomic E-state index is 12.2. The van der Waals surface area contributed by atoms with Crippen LogP contribution in [0.1, 0.15) is 33.3 Å². The summed E-state index contributed by atoms with van der Waals surface area (Å²) in [5.41, 5.74) is 1.79. The van der Waals surface area contributed by atoms with Gasteiger partial charge in [0.25, 0.3) is 0 Å². The van der Waals surface area contributed by atoms with E-state index < -0.39 is 30.2 Å². The number of carbonyl (C=O) groups is 3. The van der Waals surface area contributed by atoms with Crippen LogP contribution < -0.4 is 5.32 Å². The minimum atomic E-state index is -1.17. The molecule has 0 saturated heterocycles. The number of allylic oxidation sites excluding steroid dienone is 1. The highest BCUT2D eigenvalue weighted by atomic mass is 16.6. The molecule has 0 unspecified atom stereocenters. The first kappa shape index (κ1) is 21.2. The minimum Gasteiger partial charge on any atom is -0.460 e. The highest BCUT2D eigenvalue weighted by molar-refractivity contribution is 5.82. The number of esters is 2. The van der Waals surface area contributed by atoms with Gasteiger partial charge in [-0.3, -0.25) is 4.79 Å². The fourth-order valence-corrected chi connectivity index (χ4v) is 1.97. The molecule has 0 fully saturated rings. The van der Waals surface area contributed by atoms with Crippen molar-refractivity contribution in [3.8, 4) is 0 Å². The molecule has 1 aromatic rings. The maximum atomic E-state index is 12.2. The quantitative estimate of drug-likeness (QED) is 0.434. The van der Waals surface area contributed by atoms with Crippen molar-refractivity contribution in [2.75, 3.05) is 6.61 Å². The van der Waals surface area contributed by atoms with Crippen molar-refractivity contribution < 1.29 is 28.6 Å². The summed E-state index contributed by atoms with van der Waals surface area (Å²) in [6.07, 6.45) is 0.00659. The highest BCUT2D eigenvalue weighted by Gasteiger charge is 2.31. The molecule has 0 saturated carbocycles. The van der Waals surface area contributed by atoms with Gasteiger partial charge in [0.05, 0.1) is 0 Å². The Morgan fingerprint density at radius 3 is 2.31 bits per heavy atom. The van der Waals surface area contributed by atoms with E-state index in [0.717, 1.165) is 11.1 Å². The Balaban J connectivity index is 2.67. The van der Waals surface area contributed by atoms with Gasteiger partial charge >= 0.3 is 18.0 Å². The predicted molar refractivity (Wildman–Crippen MR) is 95.2 cm³/mol. The van der Waals surface area contributed by atoms with Crippen LogP contribution in [0.25, 0.3) is 0 Å². The van der Waals surface area contributed by atoms with Gasteiger partial charge in [0.2, 0.25) is 0 Å². The molecular weight excluding hydrogens is 338 g/mol. The van der Waals surface area contributed by atoms with Crippen molar-refractivity contribution in [2.45, 2.75) is 46.4 Å². The molecule has 7 heteroatoms. The largest absolute Gasteiger partial charge is 0.460 e. The topological polar surface area (TPSA) is 90.9 Å². The van der Waals surface area contributed by atoms with Gasteiger partial charge in [0.15, 0.2) is 6.04 Å². The van der Waals surface area contributed by atoms with Gasteiger partial charge in [0, 0.05) is 6.92 Å². The van der Waals surface area contributed by atoms with Crippen molar-refractivity contribution in [2.24, 2.45) is 0 Å². The number of alkyl carbamates (subject to hydrolysis) is 1. The van der Waals surface area contributed by atoms with Crippen LogP contribution in [0.3, 0.4) is 0 Å². The summed E-state index contributed by atoms with van der Waals surface area (Å²) in [6, 6.07) is 7.93. The summed E-state index contributed by atoms with van der Waals surface area (Å²) in [4.78, 5) is 35.4. The van der Waals surface area contributed by atoms with Gasteiger partial charge in [-0.05, 0) is 32.4 Å². The fourth-order valence-electron chi connectivity index (χ4n) is 1.97. The van der Waals surface area contributed by atoms with Crippen molar-refractivity contribution in [3.63, 3.8) is 0 Å². The molecule has 26 heavy (non-hydrogen) atoms. The van der Waals surface area contributed by atoms with Gasteiger partial charge < -0.3 is 19.5 Å². The zero-order chi connectivity index (χ0) is 19.5. The van der Waals surface area contributed by atoms with Crippen LogP contribution in [0.2, 0.25) is 0 Å². The first-order chi connectivity index (χ1) is 12.3. The third-order valence-corrected chi connectivity index (χ3v) is 3.28. The first-order valence-electron chi connectivity index (χ1n) is 8.24. The van der Waals surface area contributed by atoms with E-state index in [1.807, 2.05) is 32.0 Å². The lowest BCUT2D eigenvalue weighted by Crippen LogP contribution is -2.50. The summed E-state index contributed by atoms with van der Waals surface area (Å²) in [6.45, 7) is 6.55. The van der Waals surface area contributed by atoms with Crippen molar-refractivity contribution >= 4 is 18.0 Å². The number of benzene rings is 1. The Kier molecular flexibility index (Phi) is 8.91. The molecule has 0 spiro atoms. The molecule has 0 aliphatic carbocycles. The van der Waals surface area contributed by atoms with Crippen LogP contribution in [0.15, 0.2) is 42.0 Å². The second kappa shape index (κ2) is 10.9. The Hall–Kier alpha value is -2.83. The van der Waals surface area contributed by atoms with Crippen molar-refractivity contribution in [3.05, 3.63) is 47.5 Å². The van der Waals surface area contributed by atoms with E-state index in [1.165, 1.54) is 13.8 Å². The number of ether oxygens (including phenoxy) is 3. The monoisotopic (exact) mass is 363 g/mol. The van der Waals surface area contributed by atoms with Gasteiger partial charge in [-0.15, -0.1) is 0 Å². The summed E-state index contributed by atoms with van der Waals surface area (Å²) >= 11 is 0. The van der Waals surface area contributed by atoms with E-state index in [0.29, 0.717) is 0 Å². The molecule has 1 N–H and O–H groups in total. The van der Waals surface area contributed by atoms with E-state index in [4.69, 9.17) is 14.2 Å². The minimum absolute atomic E-state index is 0.0498. The molecule has 1 amide bonds. The Morgan fingerprint density at radius 2 is 1.73 bits per heavy atom. The van der Waals surface area contributed by atoms with E-state index in [1.54, 1.807) is 18.2 Å². The molecule has 0 aromatic heterocycles. The maximum Gasteiger partial charge on any atom is 0.408 e. The molecule has 7 nitrogen and oxygen atoms in total. The third-order valence-electron chi connectivity index (χ3n) is 3.28. The summed E-state index contributed by atoms with van der Waals surface area (Å²) in [5.74, 6) is -1.29. The molecule has 2 atom stereocenters. The van der Waals surface area contributed by atoms with Gasteiger partial charge in [-0.2, -0.15) is 0 Å². The molecule has 1 rings (SSSR count). The lowest BCUT2D eigenvalue weighted by molar-refractivity contribution is -0.155. The van der Waals surface area contributed by atoms with Crippen LogP contribution in [0.4, 0.5) is 4.79 Å². The number of rotatable bonds is 8. The standard InChI is InChI=1S/C19H25NO6/c1-13(2)10-11-24-18(22)17(14(3)26-15(4)21)20-19(23)25-12-16-8-6-5-7-9-16/h5-10,14,17H,11-12H2,1-4H3,(H,20,23)/t14-,17+/m1/s1. The molecule has 0 heterocycles. The summed E-state index contributed by atoms with van der Waals surface area (Å²) in [7, 11) is 0. The smallest absolute Gasteiger partial charge is 0.408 e. The molecule has 0 radical (unpaired) electrons. The van der Waals surface area contributed by atoms with Crippen LogP contribution >= 0.6 is 0 Å². The van der Waals surface area contributed by atoms with Crippen LogP contribution in [-0.2, 0) is 30.4 Å². The van der Waals surface area contributed by atoms with Crippen molar-refractivity contribution in [1.29, 1.82) is 0 Å². The molecule has 142 valence electrons. The number of hydrogen-bond donors (Lipinski definition) is 1. The second-order valence-electron chi connectivity index (χ2n) is 5.91. The van der Waals surface area contributed by atoms with Gasteiger partial charge in [0.1, 0.15) is 19.3 Å². The lowest BCUT2D eigenvalue weighted by Gasteiger charge is -2.22. The Labute approximate surface area is 153 Å². The average molecular weight is 363 g/mol. The molecule has 1 aromatic carbocycles. The lowest BCUT2D eigenvalue weighted by atomic mass is 10.2. The second-order valence-corrected chi connectivity index (χ2v) is 5.91. The molecule has 0 aliphatic heterocycles. The molecular formula is C19H25NO6. The summed E-state index contributed by atoms with van der Waals surface area (Å²) < 4.78 is 15.2. The predicted octanol–water partition coefficient (Wildman–Crippen LogP) is 2.74. The van der Waals surface area contributed by atoms with E-state index in [-0.39, 0.29) is 13.2 Å². The fraction of sp³-hybridized carbons (Fsp3) is 0.421. The molecule has 0 bridgehead atoms. The van der Waals surface area contributed by atoms with Gasteiger partial charge in [-0.1, -0.05) is 35.9 Å². The highest BCUT2D eigenvalue weighted by Crippen LogP contribution is 2.06. The third kappa shape index (κ3) is 8.32. The molecule has 0 aliphatic rings. The zero-order valence-electron chi connectivity index (χ0n) is 15.5. The Bertz CT molecular complexity index is 637. The first-order valence-corrected chi connectivity index (χ1v) is 8.24. The van der Waals surface area contributed by atoms with Gasteiger partial charge in [-0.25, -0.2) is 9.59 Å². The normalized spacial score (nSPS) is 12.3. The van der Waals surface area contributed by atoms with E-state index in [9.17, 15) is 14.4 Å². The van der Waals surface area contributed by atoms with Crippen LogP contribution in [0, 0.1) is 0 Å². The van der Waals surface area contributed by atoms with Crippen LogP contribution in [0.5, 0.6) is 0 Å². The number of hydrogen-bond acceptors (Lipinski definition) is 6. The van der Waals surface area contributed by atoms with Crippen molar-refractivity contribution in [1.82, 2.24) is 5.32 Å². The SMILES string of the molecule is CC(=O)O[C@H](C)[C@H](NC(=O)OCc1ccccc1)C(=O)OCC=C(C)C. The zero-order valence-corrected chi connectivity index (χ0v) is 15.5. The summed E-state index contributed by atoms with van der Waals surface area (Å²) in [5, 5.41) is 2.40. The van der Waals surface area contributed by atoms with Crippen LogP contribution in [-0.4, -0.2) is 36.8 Å². The Morgan fingerprint density at radius 1 is 1.08 bits per heavy atom. The van der Waals surface area contributed by atoms with E-state index in [2.05, 4.69) is 5.32 Å². The number of amides is 1. The number of carbonyl (C=O) groups excluding carboxylic acids is 3. The average Bonchev–Trinajstić information content (AvgIpc) is 2.57. The van der Waals surface area contributed by atoms with E-state index >= 15 is 0 Å².